The fourth-order valence-electron chi connectivity index (χ4n) is 3.12. The maximum atomic E-state index is 13.1. The van der Waals surface area contributed by atoms with Gasteiger partial charge in [0.15, 0.2) is 0 Å². The molecule has 150 valence electrons. The number of sulfonamides is 1. The lowest BCUT2D eigenvalue weighted by atomic mass is 9.98. The monoisotopic (exact) mass is 426 g/mol. The molecule has 2 aromatic carbocycles. The Bertz CT molecular complexity index is 966. The highest BCUT2D eigenvalue weighted by Crippen LogP contribution is 2.29. The second-order valence-electron chi connectivity index (χ2n) is 6.49. The quantitative estimate of drug-likeness (QED) is 0.793. The third kappa shape index (κ3) is 4.45. The van der Waals surface area contributed by atoms with Crippen LogP contribution in [0.2, 0.25) is 5.02 Å². The first-order valence-electron chi connectivity index (χ1n) is 8.71. The van der Waals surface area contributed by atoms with Gasteiger partial charge in [-0.05, 0) is 55.3 Å². The standard InChI is InChI=1S/C19H20ClFN2O4S/c1-27-18-9-6-15(11-17(18)20)22-19(24)13-3-2-10-23(12-13)28(25,26)16-7-4-14(21)5-8-16/h4-9,11,13H,2-3,10,12H2,1H3,(H,22,24)/t13-/m1/s1. The normalized spacial score (nSPS) is 17.9. The number of benzene rings is 2. The molecule has 1 saturated heterocycles. The molecule has 1 aliphatic rings. The number of ether oxygens (including phenoxy) is 1. The zero-order valence-corrected chi connectivity index (χ0v) is 16.8. The number of halogens is 2. The fraction of sp³-hybridized carbons (Fsp3) is 0.316. The van der Waals surface area contributed by atoms with E-state index >= 15 is 0 Å². The molecule has 1 amide bonds. The topological polar surface area (TPSA) is 75.7 Å². The van der Waals surface area contributed by atoms with Gasteiger partial charge < -0.3 is 10.1 Å². The Morgan fingerprint density at radius 3 is 2.61 bits per heavy atom. The van der Waals surface area contributed by atoms with E-state index in [-0.39, 0.29) is 17.3 Å². The summed E-state index contributed by atoms with van der Waals surface area (Å²) >= 11 is 6.07. The summed E-state index contributed by atoms with van der Waals surface area (Å²) in [6.45, 7) is 0.382. The van der Waals surface area contributed by atoms with Gasteiger partial charge in [-0.1, -0.05) is 11.6 Å². The van der Waals surface area contributed by atoms with Crippen molar-refractivity contribution in [2.75, 3.05) is 25.5 Å². The summed E-state index contributed by atoms with van der Waals surface area (Å²) in [5, 5.41) is 3.14. The number of rotatable bonds is 5. The van der Waals surface area contributed by atoms with Gasteiger partial charge in [0, 0.05) is 18.8 Å². The Labute approximate surface area is 168 Å². The van der Waals surface area contributed by atoms with E-state index in [1.165, 1.54) is 23.5 Å². The fourth-order valence-corrected chi connectivity index (χ4v) is 4.90. The Hall–Kier alpha value is -2.16. The molecule has 0 saturated carbocycles. The van der Waals surface area contributed by atoms with E-state index in [1.807, 2.05) is 0 Å². The van der Waals surface area contributed by atoms with Crippen LogP contribution >= 0.6 is 11.6 Å². The van der Waals surface area contributed by atoms with Gasteiger partial charge in [-0.2, -0.15) is 4.31 Å². The first-order chi connectivity index (χ1) is 13.3. The summed E-state index contributed by atoms with van der Waals surface area (Å²) in [5.41, 5.74) is 0.509. The number of hydrogen-bond acceptors (Lipinski definition) is 4. The summed E-state index contributed by atoms with van der Waals surface area (Å²) in [6.07, 6.45) is 1.13. The van der Waals surface area contributed by atoms with Crippen molar-refractivity contribution >= 4 is 33.2 Å². The largest absolute Gasteiger partial charge is 0.495 e. The van der Waals surface area contributed by atoms with E-state index < -0.39 is 21.8 Å². The Kier molecular flexibility index (Phi) is 6.22. The van der Waals surface area contributed by atoms with Crippen LogP contribution in [0.15, 0.2) is 47.4 Å². The summed E-state index contributed by atoms with van der Waals surface area (Å²) in [5.74, 6) is -0.785. The highest BCUT2D eigenvalue weighted by atomic mass is 35.5. The molecular formula is C19H20ClFN2O4S. The molecule has 0 radical (unpaired) electrons. The van der Waals surface area contributed by atoms with E-state index in [1.54, 1.807) is 18.2 Å². The van der Waals surface area contributed by atoms with Gasteiger partial charge in [0.2, 0.25) is 15.9 Å². The molecule has 0 aliphatic carbocycles. The van der Waals surface area contributed by atoms with Crippen LogP contribution in [-0.2, 0) is 14.8 Å². The highest BCUT2D eigenvalue weighted by molar-refractivity contribution is 7.89. The minimum Gasteiger partial charge on any atom is -0.495 e. The molecule has 2 aromatic rings. The number of carbonyl (C=O) groups excluding carboxylic acids is 1. The zero-order valence-electron chi connectivity index (χ0n) is 15.2. The number of amides is 1. The second kappa shape index (κ2) is 8.46. The maximum Gasteiger partial charge on any atom is 0.243 e. The smallest absolute Gasteiger partial charge is 0.243 e. The molecule has 1 aliphatic heterocycles. The first-order valence-corrected chi connectivity index (χ1v) is 10.5. The number of nitrogens with zero attached hydrogens (tertiary/aromatic N) is 1. The van der Waals surface area contributed by atoms with Crippen molar-refractivity contribution in [1.82, 2.24) is 4.31 Å². The van der Waals surface area contributed by atoms with Gasteiger partial charge in [0.05, 0.1) is 22.9 Å². The van der Waals surface area contributed by atoms with E-state index in [0.717, 1.165) is 12.1 Å². The van der Waals surface area contributed by atoms with Crippen molar-refractivity contribution < 1.29 is 22.3 Å². The van der Waals surface area contributed by atoms with Crippen molar-refractivity contribution in [2.45, 2.75) is 17.7 Å². The van der Waals surface area contributed by atoms with Gasteiger partial charge >= 0.3 is 0 Å². The van der Waals surface area contributed by atoms with Gasteiger partial charge in [-0.25, -0.2) is 12.8 Å². The molecule has 3 rings (SSSR count). The van der Waals surface area contributed by atoms with Crippen LogP contribution in [0.5, 0.6) is 5.75 Å². The number of anilines is 1. The molecule has 0 unspecified atom stereocenters. The van der Waals surface area contributed by atoms with E-state index in [2.05, 4.69) is 5.32 Å². The van der Waals surface area contributed by atoms with Crippen molar-refractivity contribution in [2.24, 2.45) is 5.92 Å². The summed E-state index contributed by atoms with van der Waals surface area (Å²) in [4.78, 5) is 12.6. The molecule has 9 heteroatoms. The summed E-state index contributed by atoms with van der Waals surface area (Å²) < 4.78 is 45.0. The third-order valence-corrected chi connectivity index (χ3v) is 6.80. The Morgan fingerprint density at radius 2 is 1.96 bits per heavy atom. The van der Waals surface area contributed by atoms with E-state index in [0.29, 0.717) is 35.8 Å². The minimum absolute atomic E-state index is 0.0110. The lowest BCUT2D eigenvalue weighted by Crippen LogP contribution is -2.43. The second-order valence-corrected chi connectivity index (χ2v) is 8.84. The predicted molar refractivity (Wildman–Crippen MR) is 105 cm³/mol. The molecule has 0 aromatic heterocycles. The minimum atomic E-state index is -3.78. The molecule has 1 N–H and O–H groups in total. The SMILES string of the molecule is COc1ccc(NC(=O)[C@@H]2CCCN(S(=O)(=O)c3ccc(F)cc3)C2)cc1Cl. The van der Waals surface area contributed by atoms with Crippen LogP contribution in [0, 0.1) is 11.7 Å². The zero-order chi connectivity index (χ0) is 20.3. The van der Waals surface area contributed by atoms with Crippen molar-refractivity contribution in [1.29, 1.82) is 0 Å². The lowest BCUT2D eigenvalue weighted by Gasteiger charge is -2.31. The molecule has 0 spiro atoms. The number of piperidine rings is 1. The molecular weight excluding hydrogens is 407 g/mol. The lowest BCUT2D eigenvalue weighted by molar-refractivity contribution is -0.120. The van der Waals surface area contributed by atoms with Gasteiger partial charge in [-0.3, -0.25) is 4.79 Å². The molecule has 28 heavy (non-hydrogen) atoms. The van der Waals surface area contributed by atoms with E-state index in [9.17, 15) is 17.6 Å². The van der Waals surface area contributed by atoms with Gasteiger partial charge in [0.1, 0.15) is 11.6 Å². The first kappa shape index (κ1) is 20.6. The van der Waals surface area contributed by atoms with Crippen LogP contribution < -0.4 is 10.1 Å². The van der Waals surface area contributed by atoms with Gasteiger partial charge in [-0.15, -0.1) is 0 Å². The average molecular weight is 427 g/mol. The predicted octanol–water partition coefficient (Wildman–Crippen LogP) is 3.53. The van der Waals surface area contributed by atoms with Crippen molar-refractivity contribution in [3.05, 3.63) is 53.3 Å². The Balaban J connectivity index is 1.71. The number of nitrogens with one attached hydrogen (secondary N) is 1. The van der Waals surface area contributed by atoms with Crippen molar-refractivity contribution in [3.63, 3.8) is 0 Å². The molecule has 1 heterocycles. The van der Waals surface area contributed by atoms with E-state index in [4.69, 9.17) is 16.3 Å². The van der Waals surface area contributed by atoms with Crippen LogP contribution in [0.3, 0.4) is 0 Å². The van der Waals surface area contributed by atoms with Crippen molar-refractivity contribution in [3.8, 4) is 5.75 Å². The summed E-state index contributed by atoms with van der Waals surface area (Å²) in [6, 6.07) is 9.56. The van der Waals surface area contributed by atoms with Gasteiger partial charge in [0.25, 0.3) is 0 Å². The van der Waals surface area contributed by atoms with Crippen LogP contribution in [0.4, 0.5) is 10.1 Å². The number of hydrogen-bond donors (Lipinski definition) is 1. The van der Waals surface area contributed by atoms with Crippen LogP contribution in [-0.4, -0.2) is 38.8 Å². The number of methoxy groups -OCH3 is 1. The Morgan fingerprint density at radius 1 is 1.25 bits per heavy atom. The summed E-state index contributed by atoms with van der Waals surface area (Å²) in [7, 11) is -2.29. The number of carbonyl (C=O) groups is 1. The molecule has 1 fully saturated rings. The average Bonchev–Trinajstić information content (AvgIpc) is 2.68. The highest BCUT2D eigenvalue weighted by Gasteiger charge is 2.33. The third-order valence-electron chi connectivity index (χ3n) is 4.63. The van der Waals surface area contributed by atoms with Crippen LogP contribution in [0.1, 0.15) is 12.8 Å². The molecule has 6 nitrogen and oxygen atoms in total. The molecule has 1 atom stereocenters. The maximum absolute atomic E-state index is 13.1. The molecule has 0 bridgehead atoms. The van der Waals surface area contributed by atoms with Crippen LogP contribution in [0.25, 0.3) is 0 Å².